The molecule has 0 bridgehead atoms. The van der Waals surface area contributed by atoms with Gasteiger partial charge in [0.2, 0.25) is 5.91 Å². The SMILES string of the molecule is CC(CNC(=O)C1CC=CCC1)C(=O)O. The van der Waals surface area contributed by atoms with Crippen LogP contribution < -0.4 is 5.32 Å². The van der Waals surface area contributed by atoms with Crippen molar-refractivity contribution in [1.29, 1.82) is 0 Å². The zero-order chi connectivity index (χ0) is 11.3. The standard InChI is InChI=1S/C11H17NO3/c1-8(11(14)15)7-12-10(13)9-5-3-2-4-6-9/h2-3,8-9H,4-7H2,1H3,(H,12,13)(H,14,15). The summed E-state index contributed by atoms with van der Waals surface area (Å²) in [5.74, 6) is -1.39. The fraction of sp³-hybridized carbons (Fsp3) is 0.636. The van der Waals surface area contributed by atoms with Crippen LogP contribution in [-0.2, 0) is 9.59 Å². The van der Waals surface area contributed by atoms with Gasteiger partial charge in [-0.3, -0.25) is 9.59 Å². The third kappa shape index (κ3) is 3.73. The van der Waals surface area contributed by atoms with Crippen LogP contribution >= 0.6 is 0 Å². The van der Waals surface area contributed by atoms with Crippen LogP contribution in [0.1, 0.15) is 26.2 Å². The van der Waals surface area contributed by atoms with E-state index in [4.69, 9.17) is 5.11 Å². The smallest absolute Gasteiger partial charge is 0.308 e. The predicted molar refractivity (Wildman–Crippen MR) is 56.3 cm³/mol. The number of carbonyl (C=O) groups excluding carboxylic acids is 1. The molecule has 0 spiro atoms. The lowest BCUT2D eigenvalue weighted by Crippen LogP contribution is -2.36. The van der Waals surface area contributed by atoms with Crippen LogP contribution in [-0.4, -0.2) is 23.5 Å². The maximum Gasteiger partial charge on any atom is 0.308 e. The minimum absolute atomic E-state index is 0.0209. The number of carboxylic acid groups (broad SMARTS) is 1. The Bertz CT molecular complexity index is 273. The summed E-state index contributed by atoms with van der Waals surface area (Å²) in [6.07, 6.45) is 6.65. The number of aliphatic carboxylic acids is 1. The average Bonchev–Trinajstić information content (AvgIpc) is 2.26. The van der Waals surface area contributed by atoms with Crippen molar-refractivity contribution in [2.45, 2.75) is 26.2 Å². The Morgan fingerprint density at radius 3 is 2.80 bits per heavy atom. The third-order valence-corrected chi connectivity index (χ3v) is 2.64. The van der Waals surface area contributed by atoms with Gasteiger partial charge in [0.15, 0.2) is 0 Å². The molecule has 1 aliphatic rings. The maximum absolute atomic E-state index is 11.6. The highest BCUT2D eigenvalue weighted by atomic mass is 16.4. The summed E-state index contributed by atoms with van der Waals surface area (Å²) >= 11 is 0. The lowest BCUT2D eigenvalue weighted by Gasteiger charge is -2.18. The van der Waals surface area contributed by atoms with Crippen LogP contribution in [0.15, 0.2) is 12.2 Å². The first-order chi connectivity index (χ1) is 7.11. The molecule has 0 radical (unpaired) electrons. The number of allylic oxidation sites excluding steroid dienone is 2. The zero-order valence-electron chi connectivity index (χ0n) is 8.90. The molecule has 0 aliphatic heterocycles. The lowest BCUT2D eigenvalue weighted by atomic mass is 9.93. The molecule has 0 aromatic carbocycles. The third-order valence-electron chi connectivity index (χ3n) is 2.64. The van der Waals surface area contributed by atoms with Gasteiger partial charge < -0.3 is 10.4 Å². The Hall–Kier alpha value is -1.32. The second kappa shape index (κ2) is 5.53. The van der Waals surface area contributed by atoms with Crippen LogP contribution in [0.4, 0.5) is 0 Å². The summed E-state index contributed by atoms with van der Waals surface area (Å²) < 4.78 is 0. The van der Waals surface area contributed by atoms with Crippen molar-refractivity contribution in [3.8, 4) is 0 Å². The summed E-state index contributed by atoms with van der Waals surface area (Å²) in [7, 11) is 0. The minimum atomic E-state index is -0.876. The summed E-state index contributed by atoms with van der Waals surface area (Å²) in [5.41, 5.74) is 0. The number of hydrogen-bond acceptors (Lipinski definition) is 2. The van der Waals surface area contributed by atoms with E-state index in [2.05, 4.69) is 11.4 Å². The highest BCUT2D eigenvalue weighted by molar-refractivity contribution is 5.79. The normalized spacial score (nSPS) is 22.1. The predicted octanol–water partition coefficient (Wildman–Crippen LogP) is 1.18. The fourth-order valence-corrected chi connectivity index (χ4v) is 1.52. The van der Waals surface area contributed by atoms with Crippen molar-refractivity contribution < 1.29 is 14.7 Å². The molecule has 0 saturated carbocycles. The van der Waals surface area contributed by atoms with Crippen molar-refractivity contribution in [3.05, 3.63) is 12.2 Å². The second-order valence-corrected chi connectivity index (χ2v) is 3.97. The molecule has 84 valence electrons. The van der Waals surface area contributed by atoms with Gasteiger partial charge in [0.05, 0.1) is 5.92 Å². The number of nitrogens with one attached hydrogen (secondary N) is 1. The molecule has 4 nitrogen and oxygen atoms in total. The molecule has 1 rings (SSSR count). The first-order valence-corrected chi connectivity index (χ1v) is 5.26. The molecule has 0 aromatic heterocycles. The number of hydrogen-bond donors (Lipinski definition) is 2. The molecule has 0 fully saturated rings. The zero-order valence-corrected chi connectivity index (χ0v) is 8.90. The first-order valence-electron chi connectivity index (χ1n) is 5.26. The van der Waals surface area contributed by atoms with Crippen LogP contribution in [0.25, 0.3) is 0 Å². The van der Waals surface area contributed by atoms with Crippen molar-refractivity contribution in [2.75, 3.05) is 6.54 Å². The van der Waals surface area contributed by atoms with E-state index in [9.17, 15) is 9.59 Å². The molecule has 0 aromatic rings. The second-order valence-electron chi connectivity index (χ2n) is 3.97. The van der Waals surface area contributed by atoms with Gasteiger partial charge in [-0.1, -0.05) is 19.1 Å². The molecule has 15 heavy (non-hydrogen) atoms. The molecule has 2 atom stereocenters. The van der Waals surface area contributed by atoms with E-state index in [0.717, 1.165) is 19.3 Å². The van der Waals surface area contributed by atoms with Gasteiger partial charge in [0, 0.05) is 12.5 Å². The van der Waals surface area contributed by atoms with Crippen molar-refractivity contribution in [1.82, 2.24) is 5.32 Å². The van der Waals surface area contributed by atoms with Gasteiger partial charge in [0.25, 0.3) is 0 Å². The molecule has 1 amide bonds. The Labute approximate surface area is 89.4 Å². The lowest BCUT2D eigenvalue weighted by molar-refractivity contribution is -0.141. The highest BCUT2D eigenvalue weighted by Crippen LogP contribution is 2.17. The quantitative estimate of drug-likeness (QED) is 0.686. The fourth-order valence-electron chi connectivity index (χ4n) is 1.52. The number of rotatable bonds is 4. The Balaban J connectivity index is 2.29. The highest BCUT2D eigenvalue weighted by Gasteiger charge is 2.19. The van der Waals surface area contributed by atoms with E-state index >= 15 is 0 Å². The van der Waals surface area contributed by atoms with Gasteiger partial charge in [-0.2, -0.15) is 0 Å². The van der Waals surface area contributed by atoms with Gasteiger partial charge in [-0.25, -0.2) is 0 Å². The van der Waals surface area contributed by atoms with Crippen LogP contribution in [0.5, 0.6) is 0 Å². The Kier molecular flexibility index (Phi) is 4.34. The molecule has 1 aliphatic carbocycles. The number of carbonyl (C=O) groups is 2. The van der Waals surface area contributed by atoms with Crippen LogP contribution in [0.2, 0.25) is 0 Å². The van der Waals surface area contributed by atoms with Crippen molar-refractivity contribution in [2.24, 2.45) is 11.8 Å². The molecular weight excluding hydrogens is 194 g/mol. The van der Waals surface area contributed by atoms with Gasteiger partial charge in [-0.05, 0) is 19.3 Å². The van der Waals surface area contributed by atoms with Crippen molar-refractivity contribution >= 4 is 11.9 Å². The summed E-state index contributed by atoms with van der Waals surface area (Å²) in [4.78, 5) is 22.1. The molecule has 2 unspecified atom stereocenters. The summed E-state index contributed by atoms with van der Waals surface area (Å²) in [5, 5.41) is 11.3. The van der Waals surface area contributed by atoms with E-state index in [0.29, 0.717) is 0 Å². The largest absolute Gasteiger partial charge is 0.481 e. The van der Waals surface area contributed by atoms with Gasteiger partial charge in [-0.15, -0.1) is 0 Å². The van der Waals surface area contributed by atoms with E-state index in [1.807, 2.05) is 6.08 Å². The van der Waals surface area contributed by atoms with Crippen LogP contribution in [0.3, 0.4) is 0 Å². The monoisotopic (exact) mass is 211 g/mol. The first kappa shape index (κ1) is 11.8. The van der Waals surface area contributed by atoms with Crippen molar-refractivity contribution in [3.63, 3.8) is 0 Å². The Morgan fingerprint density at radius 2 is 2.27 bits per heavy atom. The van der Waals surface area contributed by atoms with Gasteiger partial charge >= 0.3 is 5.97 Å². The van der Waals surface area contributed by atoms with E-state index in [1.54, 1.807) is 6.92 Å². The summed E-state index contributed by atoms with van der Waals surface area (Å²) in [6.45, 7) is 1.80. The molecule has 2 N–H and O–H groups in total. The Morgan fingerprint density at radius 1 is 1.53 bits per heavy atom. The summed E-state index contributed by atoms with van der Waals surface area (Å²) in [6, 6.07) is 0. The van der Waals surface area contributed by atoms with Crippen LogP contribution in [0, 0.1) is 11.8 Å². The molecule has 0 saturated heterocycles. The van der Waals surface area contributed by atoms with E-state index in [-0.39, 0.29) is 18.4 Å². The number of carboxylic acids is 1. The average molecular weight is 211 g/mol. The molecular formula is C11H17NO3. The molecule has 4 heteroatoms. The van der Waals surface area contributed by atoms with Gasteiger partial charge in [0.1, 0.15) is 0 Å². The number of amides is 1. The minimum Gasteiger partial charge on any atom is -0.481 e. The topological polar surface area (TPSA) is 66.4 Å². The van der Waals surface area contributed by atoms with E-state index < -0.39 is 11.9 Å². The maximum atomic E-state index is 11.6. The van der Waals surface area contributed by atoms with E-state index in [1.165, 1.54) is 0 Å². The molecule has 0 heterocycles.